The van der Waals surface area contributed by atoms with Crippen molar-refractivity contribution in [3.63, 3.8) is 0 Å². The van der Waals surface area contributed by atoms with Crippen LogP contribution in [0.4, 0.5) is 0 Å². The predicted molar refractivity (Wildman–Crippen MR) is 105 cm³/mol. The maximum atomic E-state index is 12.7. The molecule has 0 N–H and O–H groups in total. The molecule has 1 heterocycles. The average molecular weight is 363 g/mol. The van der Waals surface area contributed by atoms with Gasteiger partial charge >= 0.3 is 0 Å². The van der Waals surface area contributed by atoms with Gasteiger partial charge in [0.05, 0.1) is 5.25 Å². The van der Waals surface area contributed by atoms with Gasteiger partial charge in [-0.15, -0.1) is 11.8 Å². The molecule has 1 atom stereocenters. The average Bonchev–Trinajstić information content (AvgIpc) is 2.86. The Morgan fingerprint density at radius 2 is 1.88 bits per heavy atom. The second-order valence-corrected chi connectivity index (χ2v) is 8.16. The number of amides is 2. The van der Waals surface area contributed by atoms with Crippen LogP contribution in [0.5, 0.6) is 0 Å². The number of hydrogen-bond acceptors (Lipinski definition) is 3. The fourth-order valence-electron chi connectivity index (χ4n) is 3.03. The Labute approximate surface area is 156 Å². The molecule has 0 saturated carbocycles. The minimum absolute atomic E-state index is 0.00516. The number of nitrogens with zero attached hydrogens (tertiary/aromatic N) is 2. The zero-order chi connectivity index (χ0) is 18.2. The molecule has 1 aromatic carbocycles. The molecule has 1 aromatic rings. The van der Waals surface area contributed by atoms with Gasteiger partial charge in [-0.2, -0.15) is 0 Å². The topological polar surface area (TPSA) is 40.6 Å². The van der Waals surface area contributed by atoms with E-state index in [4.69, 9.17) is 0 Å². The van der Waals surface area contributed by atoms with Crippen LogP contribution in [-0.4, -0.2) is 58.8 Å². The zero-order valence-electron chi connectivity index (χ0n) is 15.7. The molecule has 0 radical (unpaired) electrons. The lowest BCUT2D eigenvalue weighted by molar-refractivity contribution is -0.130. The predicted octanol–water partition coefficient (Wildman–Crippen LogP) is 3.59. The van der Waals surface area contributed by atoms with E-state index in [1.165, 1.54) is 0 Å². The van der Waals surface area contributed by atoms with Gasteiger partial charge in [0.1, 0.15) is 0 Å². The Kier molecular flexibility index (Phi) is 7.82. The highest BCUT2D eigenvalue weighted by atomic mass is 32.2. The first-order valence-electron chi connectivity index (χ1n) is 9.29. The van der Waals surface area contributed by atoms with Gasteiger partial charge in [-0.25, -0.2) is 0 Å². The summed E-state index contributed by atoms with van der Waals surface area (Å²) < 4.78 is 0. The number of carbonyl (C=O) groups is 2. The largest absolute Gasteiger partial charge is 0.340 e. The number of hydrogen-bond donors (Lipinski definition) is 0. The molecule has 1 saturated heterocycles. The first-order valence-corrected chi connectivity index (χ1v) is 10.3. The van der Waals surface area contributed by atoms with E-state index in [1.807, 2.05) is 47.9 Å². The van der Waals surface area contributed by atoms with E-state index >= 15 is 0 Å². The molecule has 0 spiro atoms. The van der Waals surface area contributed by atoms with Crippen LogP contribution >= 0.6 is 11.8 Å². The number of thioether (sulfide) groups is 1. The first-order chi connectivity index (χ1) is 12.0. The third-order valence-corrected chi connectivity index (χ3v) is 5.80. The van der Waals surface area contributed by atoms with Gasteiger partial charge in [0.25, 0.3) is 5.91 Å². The van der Waals surface area contributed by atoms with Gasteiger partial charge in [-0.1, -0.05) is 31.0 Å². The third-order valence-electron chi connectivity index (χ3n) is 4.57. The maximum Gasteiger partial charge on any atom is 0.253 e. The third kappa shape index (κ3) is 5.77. The summed E-state index contributed by atoms with van der Waals surface area (Å²) in [6.07, 6.45) is 3.16. The van der Waals surface area contributed by atoms with Crippen LogP contribution < -0.4 is 0 Å². The van der Waals surface area contributed by atoms with Crippen LogP contribution in [-0.2, 0) is 4.79 Å². The quantitative estimate of drug-likeness (QED) is 0.726. The summed E-state index contributed by atoms with van der Waals surface area (Å²) in [6, 6.07) is 7.72. The van der Waals surface area contributed by atoms with Crippen LogP contribution in [0.1, 0.15) is 49.0 Å². The van der Waals surface area contributed by atoms with Crippen LogP contribution in [0.15, 0.2) is 24.3 Å². The number of aryl methyl sites for hydroxylation is 1. The summed E-state index contributed by atoms with van der Waals surface area (Å²) in [5.74, 6) is 1.32. The molecule has 0 bridgehead atoms. The fraction of sp³-hybridized carbons (Fsp3) is 0.600. The van der Waals surface area contributed by atoms with Crippen LogP contribution in [0.3, 0.4) is 0 Å². The first kappa shape index (κ1) is 19.8. The molecule has 0 aromatic heterocycles. The van der Waals surface area contributed by atoms with E-state index in [1.54, 1.807) is 11.8 Å². The monoisotopic (exact) mass is 362 g/mol. The Morgan fingerprint density at radius 3 is 2.60 bits per heavy atom. The van der Waals surface area contributed by atoms with Crippen molar-refractivity contribution in [3.05, 3.63) is 35.4 Å². The van der Waals surface area contributed by atoms with Crippen molar-refractivity contribution < 1.29 is 9.59 Å². The lowest BCUT2D eigenvalue weighted by Gasteiger charge is -2.24. The van der Waals surface area contributed by atoms with E-state index in [9.17, 15) is 9.59 Å². The van der Waals surface area contributed by atoms with E-state index in [-0.39, 0.29) is 17.1 Å². The van der Waals surface area contributed by atoms with Gasteiger partial charge in [0, 0.05) is 31.7 Å². The standard InChI is InChI=1S/C20H30N2O2S/c1-4-5-14-25-17(3)19(23)21-10-7-11-22(13-12-21)20(24)18-9-6-8-16(2)15-18/h6,8-9,15,17H,4-5,7,10-14H2,1-3H3. The summed E-state index contributed by atoms with van der Waals surface area (Å²) >= 11 is 1.74. The Bertz CT molecular complexity index is 591. The second-order valence-electron chi connectivity index (χ2n) is 6.71. The van der Waals surface area contributed by atoms with Crippen molar-refractivity contribution in [2.24, 2.45) is 0 Å². The lowest BCUT2D eigenvalue weighted by Crippen LogP contribution is -2.40. The van der Waals surface area contributed by atoms with Crippen molar-refractivity contribution in [2.75, 3.05) is 31.9 Å². The van der Waals surface area contributed by atoms with E-state index in [0.29, 0.717) is 19.6 Å². The molecule has 2 amide bonds. The summed E-state index contributed by atoms with van der Waals surface area (Å²) in [6.45, 7) is 8.88. The van der Waals surface area contributed by atoms with Gasteiger partial charge in [-0.3, -0.25) is 9.59 Å². The maximum absolute atomic E-state index is 12.7. The summed E-state index contributed by atoms with van der Waals surface area (Å²) in [4.78, 5) is 29.2. The van der Waals surface area contributed by atoms with E-state index in [2.05, 4.69) is 6.92 Å². The molecule has 5 heteroatoms. The molecular formula is C20H30N2O2S. The van der Waals surface area contributed by atoms with E-state index in [0.717, 1.165) is 42.7 Å². The van der Waals surface area contributed by atoms with Crippen molar-refractivity contribution in [3.8, 4) is 0 Å². The normalized spacial score (nSPS) is 16.4. The van der Waals surface area contributed by atoms with Crippen molar-refractivity contribution in [1.82, 2.24) is 9.80 Å². The molecule has 1 fully saturated rings. The molecule has 2 rings (SSSR count). The molecule has 138 valence electrons. The Balaban J connectivity index is 1.91. The Morgan fingerprint density at radius 1 is 1.16 bits per heavy atom. The van der Waals surface area contributed by atoms with Crippen LogP contribution in [0.25, 0.3) is 0 Å². The minimum Gasteiger partial charge on any atom is -0.340 e. The SMILES string of the molecule is CCCCSC(C)C(=O)N1CCCN(C(=O)c2cccc(C)c2)CC1. The minimum atomic E-state index is 0.00516. The zero-order valence-corrected chi connectivity index (χ0v) is 16.5. The number of carbonyl (C=O) groups excluding carboxylic acids is 2. The van der Waals surface area contributed by atoms with Gasteiger partial charge in [0.2, 0.25) is 5.91 Å². The highest BCUT2D eigenvalue weighted by Gasteiger charge is 2.25. The second kappa shape index (κ2) is 9.85. The fourth-order valence-corrected chi connectivity index (χ4v) is 4.13. The number of unbranched alkanes of at least 4 members (excludes halogenated alkanes) is 1. The molecule has 25 heavy (non-hydrogen) atoms. The van der Waals surface area contributed by atoms with Gasteiger partial charge in [-0.05, 0) is 44.6 Å². The smallest absolute Gasteiger partial charge is 0.253 e. The van der Waals surface area contributed by atoms with Crippen molar-refractivity contribution in [2.45, 2.75) is 45.3 Å². The molecule has 0 aliphatic carbocycles. The molecule has 1 aliphatic rings. The lowest BCUT2D eigenvalue weighted by atomic mass is 10.1. The van der Waals surface area contributed by atoms with Crippen molar-refractivity contribution in [1.29, 1.82) is 0 Å². The molecule has 1 unspecified atom stereocenters. The van der Waals surface area contributed by atoms with Gasteiger partial charge in [0.15, 0.2) is 0 Å². The number of benzene rings is 1. The molecule has 1 aliphatic heterocycles. The summed E-state index contributed by atoms with van der Waals surface area (Å²) in [7, 11) is 0. The van der Waals surface area contributed by atoms with E-state index < -0.39 is 0 Å². The van der Waals surface area contributed by atoms with Crippen molar-refractivity contribution >= 4 is 23.6 Å². The van der Waals surface area contributed by atoms with Gasteiger partial charge < -0.3 is 9.80 Å². The summed E-state index contributed by atoms with van der Waals surface area (Å²) in [5.41, 5.74) is 1.83. The highest BCUT2D eigenvalue weighted by Crippen LogP contribution is 2.17. The van der Waals surface area contributed by atoms with Crippen LogP contribution in [0.2, 0.25) is 0 Å². The number of rotatable bonds is 6. The summed E-state index contributed by atoms with van der Waals surface area (Å²) in [5, 5.41) is 0.00516. The van der Waals surface area contributed by atoms with Crippen LogP contribution in [0, 0.1) is 6.92 Å². The molecule has 4 nitrogen and oxygen atoms in total. The molecular weight excluding hydrogens is 332 g/mol. The highest BCUT2D eigenvalue weighted by molar-refractivity contribution is 8.00. The Hall–Kier alpha value is -1.49.